The van der Waals surface area contributed by atoms with E-state index < -0.39 is 5.91 Å². The lowest BCUT2D eigenvalue weighted by molar-refractivity contribution is -0.117. The van der Waals surface area contributed by atoms with E-state index in [0.29, 0.717) is 5.69 Å². The second kappa shape index (κ2) is 7.01. The Morgan fingerprint density at radius 2 is 1.95 bits per heavy atom. The van der Waals surface area contributed by atoms with Crippen LogP contribution in [0.15, 0.2) is 60.3 Å². The predicted octanol–water partition coefficient (Wildman–Crippen LogP) is 2.87. The average molecular weight is 277 g/mol. The Labute approximate surface area is 123 Å². The zero-order valence-electron chi connectivity index (χ0n) is 11.7. The number of hydrogen-bond acceptors (Lipinski definition) is 3. The Kier molecular flexibility index (Phi) is 4.84. The molecule has 0 saturated carbocycles. The predicted molar refractivity (Wildman–Crippen MR) is 80.8 cm³/mol. The molecule has 4 nitrogen and oxygen atoms in total. The Hall–Kier alpha value is -2.93. The highest BCUT2D eigenvalue weighted by molar-refractivity contribution is 6.01. The lowest BCUT2D eigenvalue weighted by Crippen LogP contribution is -2.27. The van der Waals surface area contributed by atoms with Gasteiger partial charge >= 0.3 is 0 Å². The zero-order chi connectivity index (χ0) is 15.1. The molecule has 1 N–H and O–H groups in total. The molecule has 0 radical (unpaired) electrons. The first-order valence-corrected chi connectivity index (χ1v) is 6.59. The van der Waals surface area contributed by atoms with E-state index in [0.717, 1.165) is 5.56 Å². The molecular weight excluding hydrogens is 262 g/mol. The number of carbonyl (C=O) groups excluding carboxylic acids is 1. The first-order chi connectivity index (χ1) is 10.2. The van der Waals surface area contributed by atoms with Gasteiger partial charge < -0.3 is 5.32 Å². The minimum absolute atomic E-state index is 0.0384. The number of nitrogens with one attached hydrogen (secondary N) is 1. The summed E-state index contributed by atoms with van der Waals surface area (Å²) in [7, 11) is 0. The molecule has 0 saturated heterocycles. The maximum absolute atomic E-state index is 12.1. The third kappa shape index (κ3) is 4.02. The van der Waals surface area contributed by atoms with Gasteiger partial charge in [0.1, 0.15) is 11.6 Å². The minimum atomic E-state index is -0.403. The van der Waals surface area contributed by atoms with Crippen molar-refractivity contribution in [3.8, 4) is 6.07 Å². The minimum Gasteiger partial charge on any atom is -0.345 e. The number of amides is 1. The van der Waals surface area contributed by atoms with Crippen molar-refractivity contribution in [2.24, 2.45) is 0 Å². The highest BCUT2D eigenvalue weighted by atomic mass is 16.1. The number of hydrogen-bond donors (Lipinski definition) is 1. The Bertz CT molecular complexity index is 672. The molecule has 0 spiro atoms. The fraction of sp³-hybridized carbons (Fsp3) is 0.118. The van der Waals surface area contributed by atoms with Gasteiger partial charge in [-0.25, -0.2) is 0 Å². The molecule has 2 aromatic rings. The standard InChI is InChI=1S/C17H15N3O/c1-13(14-7-3-2-4-8-14)20-17(21)15(12-18)11-16-9-5-6-10-19-16/h2-11,13H,1H3,(H,20,21)/b15-11+. The molecule has 0 aliphatic carbocycles. The summed E-state index contributed by atoms with van der Waals surface area (Å²) in [5.74, 6) is -0.403. The maximum atomic E-state index is 12.1. The number of nitrogens with zero attached hydrogens (tertiary/aromatic N) is 2. The molecule has 0 fully saturated rings. The zero-order valence-corrected chi connectivity index (χ0v) is 11.7. The molecule has 104 valence electrons. The molecule has 0 aliphatic heterocycles. The topological polar surface area (TPSA) is 65.8 Å². The van der Waals surface area contributed by atoms with Gasteiger partial charge in [-0.15, -0.1) is 0 Å². The summed E-state index contributed by atoms with van der Waals surface area (Å²) in [6.45, 7) is 1.88. The van der Waals surface area contributed by atoms with Crippen LogP contribution in [-0.4, -0.2) is 10.9 Å². The van der Waals surface area contributed by atoms with E-state index in [-0.39, 0.29) is 11.6 Å². The molecule has 1 aromatic carbocycles. The molecule has 21 heavy (non-hydrogen) atoms. The van der Waals surface area contributed by atoms with Crippen molar-refractivity contribution < 1.29 is 4.79 Å². The second-order valence-electron chi connectivity index (χ2n) is 4.53. The summed E-state index contributed by atoms with van der Waals surface area (Å²) >= 11 is 0. The van der Waals surface area contributed by atoms with Gasteiger partial charge in [-0.05, 0) is 30.7 Å². The number of pyridine rings is 1. The number of aromatic nitrogens is 1. The van der Waals surface area contributed by atoms with Gasteiger partial charge in [0.15, 0.2) is 0 Å². The monoisotopic (exact) mass is 277 g/mol. The van der Waals surface area contributed by atoms with Crippen molar-refractivity contribution in [2.45, 2.75) is 13.0 Å². The van der Waals surface area contributed by atoms with Crippen LogP contribution in [0.2, 0.25) is 0 Å². The normalized spacial score (nSPS) is 12.3. The fourth-order valence-electron chi connectivity index (χ4n) is 1.86. The van der Waals surface area contributed by atoms with Crippen molar-refractivity contribution in [3.05, 3.63) is 71.6 Å². The summed E-state index contributed by atoms with van der Waals surface area (Å²) in [4.78, 5) is 16.2. The highest BCUT2D eigenvalue weighted by Gasteiger charge is 2.13. The van der Waals surface area contributed by atoms with Crippen LogP contribution >= 0.6 is 0 Å². The third-order valence-corrected chi connectivity index (χ3v) is 2.99. The van der Waals surface area contributed by atoms with Gasteiger partial charge in [-0.2, -0.15) is 5.26 Å². The molecule has 0 bridgehead atoms. The number of carbonyl (C=O) groups is 1. The van der Waals surface area contributed by atoms with E-state index >= 15 is 0 Å². The van der Waals surface area contributed by atoms with Gasteiger partial charge in [0, 0.05) is 6.20 Å². The van der Waals surface area contributed by atoms with Gasteiger partial charge in [-0.3, -0.25) is 9.78 Å². The van der Waals surface area contributed by atoms with E-state index in [1.165, 1.54) is 6.08 Å². The largest absolute Gasteiger partial charge is 0.345 e. The summed E-state index contributed by atoms with van der Waals surface area (Å²) < 4.78 is 0. The van der Waals surface area contributed by atoms with Crippen molar-refractivity contribution in [2.75, 3.05) is 0 Å². The fourth-order valence-corrected chi connectivity index (χ4v) is 1.86. The van der Waals surface area contributed by atoms with Gasteiger partial charge in [0.25, 0.3) is 5.91 Å². The lowest BCUT2D eigenvalue weighted by Gasteiger charge is -2.13. The van der Waals surface area contributed by atoms with Crippen LogP contribution in [-0.2, 0) is 4.79 Å². The maximum Gasteiger partial charge on any atom is 0.262 e. The van der Waals surface area contributed by atoms with Crippen molar-refractivity contribution in [3.63, 3.8) is 0 Å². The van der Waals surface area contributed by atoms with E-state index in [4.69, 9.17) is 5.26 Å². The average Bonchev–Trinajstić information content (AvgIpc) is 2.54. The second-order valence-corrected chi connectivity index (χ2v) is 4.53. The quantitative estimate of drug-likeness (QED) is 0.690. The molecule has 1 amide bonds. The van der Waals surface area contributed by atoms with Gasteiger partial charge in [0.2, 0.25) is 0 Å². The van der Waals surface area contributed by atoms with Crippen molar-refractivity contribution in [1.82, 2.24) is 10.3 Å². The third-order valence-electron chi connectivity index (χ3n) is 2.99. The van der Waals surface area contributed by atoms with Crippen LogP contribution in [0.1, 0.15) is 24.2 Å². The molecule has 4 heteroatoms. The van der Waals surface area contributed by atoms with Crippen LogP contribution in [0.3, 0.4) is 0 Å². The Morgan fingerprint density at radius 3 is 2.57 bits per heavy atom. The first-order valence-electron chi connectivity index (χ1n) is 6.59. The molecular formula is C17H15N3O. The summed E-state index contributed by atoms with van der Waals surface area (Å²) in [6, 6.07) is 16.7. The highest BCUT2D eigenvalue weighted by Crippen LogP contribution is 2.12. The Balaban J connectivity index is 2.11. The molecule has 2 rings (SSSR count). The van der Waals surface area contributed by atoms with Crippen molar-refractivity contribution in [1.29, 1.82) is 5.26 Å². The Morgan fingerprint density at radius 1 is 1.24 bits per heavy atom. The summed E-state index contributed by atoms with van der Waals surface area (Å²) in [5.41, 5.74) is 1.61. The van der Waals surface area contributed by atoms with E-state index in [1.807, 2.05) is 43.3 Å². The molecule has 1 aromatic heterocycles. The van der Waals surface area contributed by atoms with E-state index in [9.17, 15) is 4.79 Å². The number of benzene rings is 1. The van der Waals surface area contributed by atoms with E-state index in [2.05, 4.69) is 10.3 Å². The van der Waals surface area contributed by atoms with Crippen LogP contribution in [0, 0.1) is 11.3 Å². The summed E-state index contributed by atoms with van der Waals surface area (Å²) in [6.07, 6.45) is 3.10. The molecule has 1 atom stereocenters. The molecule has 1 unspecified atom stereocenters. The van der Waals surface area contributed by atoms with E-state index in [1.54, 1.807) is 24.4 Å². The van der Waals surface area contributed by atoms with Crippen LogP contribution in [0.5, 0.6) is 0 Å². The van der Waals surface area contributed by atoms with Crippen LogP contribution in [0.4, 0.5) is 0 Å². The van der Waals surface area contributed by atoms with Crippen LogP contribution < -0.4 is 5.32 Å². The molecule has 1 heterocycles. The lowest BCUT2D eigenvalue weighted by atomic mass is 10.1. The first kappa shape index (κ1) is 14.5. The van der Waals surface area contributed by atoms with Gasteiger partial charge in [0.05, 0.1) is 11.7 Å². The summed E-state index contributed by atoms with van der Waals surface area (Å²) in [5, 5.41) is 11.9. The number of nitriles is 1. The molecule has 0 aliphatic rings. The van der Waals surface area contributed by atoms with Gasteiger partial charge in [-0.1, -0.05) is 36.4 Å². The SMILES string of the molecule is CC(NC(=O)/C(C#N)=C/c1ccccn1)c1ccccc1. The number of rotatable bonds is 4. The van der Waals surface area contributed by atoms with Crippen molar-refractivity contribution >= 4 is 12.0 Å². The van der Waals surface area contributed by atoms with Crippen LogP contribution in [0.25, 0.3) is 6.08 Å². The smallest absolute Gasteiger partial charge is 0.262 e.